The monoisotopic (exact) mass is 482 g/mol. The SMILES string of the molecule is CCOC(=O)c1c(C)c(C(=O)CN(CCOC)C(=O)c2ccc(C(F)(F)F)cc2)c(C)n1CC. The number of carbonyl (C=O) groups excluding carboxylic acids is 3. The molecule has 1 aromatic carbocycles. The zero-order valence-electron chi connectivity index (χ0n) is 19.9. The molecule has 0 aliphatic heterocycles. The number of alkyl halides is 3. The maximum Gasteiger partial charge on any atom is 0.416 e. The van der Waals surface area contributed by atoms with E-state index in [0.29, 0.717) is 23.4 Å². The molecule has 1 aromatic heterocycles. The van der Waals surface area contributed by atoms with Crippen molar-refractivity contribution in [3.63, 3.8) is 0 Å². The van der Waals surface area contributed by atoms with Gasteiger partial charge >= 0.3 is 12.1 Å². The number of esters is 1. The van der Waals surface area contributed by atoms with E-state index in [4.69, 9.17) is 9.47 Å². The number of nitrogens with zero attached hydrogens (tertiary/aromatic N) is 2. The first kappa shape index (κ1) is 27.1. The molecule has 0 saturated carbocycles. The van der Waals surface area contributed by atoms with E-state index in [0.717, 1.165) is 24.3 Å². The van der Waals surface area contributed by atoms with Crippen molar-refractivity contribution >= 4 is 17.7 Å². The maximum absolute atomic E-state index is 13.3. The second-order valence-corrected chi connectivity index (χ2v) is 7.62. The number of hydrogen-bond donors (Lipinski definition) is 0. The average molecular weight is 482 g/mol. The van der Waals surface area contributed by atoms with Gasteiger partial charge in [0.2, 0.25) is 0 Å². The molecule has 1 heterocycles. The maximum atomic E-state index is 13.3. The second-order valence-electron chi connectivity index (χ2n) is 7.62. The fraction of sp³-hybridized carbons (Fsp3) is 0.458. The molecule has 186 valence electrons. The Kier molecular flexibility index (Phi) is 9.03. The average Bonchev–Trinajstić information content (AvgIpc) is 3.04. The molecule has 2 rings (SSSR count). The lowest BCUT2D eigenvalue weighted by Gasteiger charge is -2.22. The first-order valence-corrected chi connectivity index (χ1v) is 10.8. The van der Waals surface area contributed by atoms with Crippen LogP contribution in [-0.4, -0.2) is 60.5 Å². The van der Waals surface area contributed by atoms with Crippen molar-refractivity contribution < 1.29 is 37.0 Å². The highest BCUT2D eigenvalue weighted by Gasteiger charge is 2.31. The van der Waals surface area contributed by atoms with Gasteiger partial charge in [-0.2, -0.15) is 13.2 Å². The number of rotatable bonds is 10. The predicted octanol–water partition coefficient (Wildman–Crippen LogP) is 4.29. The predicted molar refractivity (Wildman–Crippen MR) is 119 cm³/mol. The summed E-state index contributed by atoms with van der Waals surface area (Å²) in [5.41, 5.74) is 0.763. The lowest BCUT2D eigenvalue weighted by molar-refractivity contribution is -0.137. The van der Waals surface area contributed by atoms with Crippen molar-refractivity contribution in [3.05, 3.63) is 57.9 Å². The fourth-order valence-corrected chi connectivity index (χ4v) is 3.85. The minimum Gasteiger partial charge on any atom is -0.461 e. The molecule has 1 amide bonds. The van der Waals surface area contributed by atoms with Crippen molar-refractivity contribution in [1.82, 2.24) is 9.47 Å². The Balaban J connectivity index is 2.38. The molecule has 0 bridgehead atoms. The zero-order chi connectivity index (χ0) is 25.6. The molecule has 0 fully saturated rings. The highest BCUT2D eigenvalue weighted by Crippen LogP contribution is 2.29. The van der Waals surface area contributed by atoms with Gasteiger partial charge in [0.25, 0.3) is 5.91 Å². The van der Waals surface area contributed by atoms with Crippen LogP contribution in [-0.2, 0) is 22.2 Å². The van der Waals surface area contributed by atoms with Crippen LogP contribution in [0.25, 0.3) is 0 Å². The minimum absolute atomic E-state index is 0.0173. The fourth-order valence-electron chi connectivity index (χ4n) is 3.85. The Morgan fingerprint density at radius 1 is 1.06 bits per heavy atom. The van der Waals surface area contributed by atoms with Gasteiger partial charge in [0.1, 0.15) is 5.69 Å². The Labute approximate surface area is 196 Å². The highest BCUT2D eigenvalue weighted by molar-refractivity contribution is 6.06. The van der Waals surface area contributed by atoms with E-state index in [-0.39, 0.29) is 37.6 Å². The molecule has 0 N–H and O–H groups in total. The van der Waals surface area contributed by atoms with Gasteiger partial charge in [-0.15, -0.1) is 0 Å². The number of hydrogen-bond acceptors (Lipinski definition) is 5. The van der Waals surface area contributed by atoms with Crippen molar-refractivity contribution in [2.24, 2.45) is 0 Å². The molecule has 0 saturated heterocycles. The van der Waals surface area contributed by atoms with Crippen molar-refractivity contribution in [2.45, 2.75) is 40.4 Å². The molecule has 7 nitrogen and oxygen atoms in total. The van der Waals surface area contributed by atoms with Crippen LogP contribution < -0.4 is 0 Å². The number of carbonyl (C=O) groups is 3. The molecule has 34 heavy (non-hydrogen) atoms. The third-order valence-electron chi connectivity index (χ3n) is 5.48. The Hall–Kier alpha value is -3.14. The number of ether oxygens (including phenoxy) is 2. The topological polar surface area (TPSA) is 77.8 Å². The van der Waals surface area contributed by atoms with E-state index in [1.807, 2.05) is 6.92 Å². The third-order valence-corrected chi connectivity index (χ3v) is 5.48. The number of Topliss-reactive ketones (excluding diaryl/α,β-unsaturated/α-hetero) is 1. The molecule has 0 aliphatic rings. The minimum atomic E-state index is -4.52. The summed E-state index contributed by atoms with van der Waals surface area (Å²) in [4.78, 5) is 40.0. The zero-order valence-corrected chi connectivity index (χ0v) is 19.9. The van der Waals surface area contributed by atoms with Crippen molar-refractivity contribution in [3.8, 4) is 0 Å². The number of aromatic nitrogens is 1. The van der Waals surface area contributed by atoms with Gasteiger partial charge < -0.3 is 18.9 Å². The van der Waals surface area contributed by atoms with Crippen molar-refractivity contribution in [2.75, 3.05) is 33.4 Å². The summed E-state index contributed by atoms with van der Waals surface area (Å²) >= 11 is 0. The standard InChI is InChI=1S/C24H29F3N2O5/c1-6-29-16(4)20(15(3)21(29)23(32)34-7-2)19(30)14-28(12-13-33-5)22(31)17-8-10-18(11-9-17)24(25,26)27/h8-11H,6-7,12-14H2,1-5H3. The van der Waals surface area contributed by atoms with Gasteiger partial charge in [0.15, 0.2) is 5.78 Å². The molecule has 0 unspecified atom stereocenters. The first-order chi connectivity index (χ1) is 16.0. The van der Waals surface area contributed by atoms with Crippen molar-refractivity contribution in [1.29, 1.82) is 0 Å². The smallest absolute Gasteiger partial charge is 0.416 e. The Bertz CT molecular complexity index is 1040. The quantitative estimate of drug-likeness (QED) is 0.373. The number of benzene rings is 1. The summed E-state index contributed by atoms with van der Waals surface area (Å²) in [7, 11) is 1.43. The van der Waals surface area contributed by atoms with Gasteiger partial charge in [-0.05, 0) is 57.5 Å². The van der Waals surface area contributed by atoms with Crippen LogP contribution in [0.1, 0.15) is 61.9 Å². The van der Waals surface area contributed by atoms with E-state index in [9.17, 15) is 27.6 Å². The molecule has 0 radical (unpaired) electrons. The van der Waals surface area contributed by atoms with Crippen LogP contribution in [0.2, 0.25) is 0 Å². The summed E-state index contributed by atoms with van der Waals surface area (Å²) < 4.78 is 50.4. The summed E-state index contributed by atoms with van der Waals surface area (Å²) in [6.45, 7) is 7.35. The van der Waals surface area contributed by atoms with E-state index in [2.05, 4.69) is 0 Å². The molecular formula is C24H29F3N2O5. The van der Waals surface area contributed by atoms with Crippen LogP contribution in [0.5, 0.6) is 0 Å². The molecular weight excluding hydrogens is 453 g/mol. The first-order valence-electron chi connectivity index (χ1n) is 10.8. The van der Waals surface area contributed by atoms with Crippen LogP contribution in [0.15, 0.2) is 24.3 Å². The number of halogens is 3. The summed E-state index contributed by atoms with van der Waals surface area (Å²) in [5.74, 6) is -1.54. The lowest BCUT2D eigenvalue weighted by atomic mass is 10.0. The Morgan fingerprint density at radius 3 is 2.18 bits per heavy atom. The van der Waals surface area contributed by atoms with E-state index < -0.39 is 29.4 Å². The molecule has 0 atom stereocenters. The third kappa shape index (κ3) is 5.85. The van der Waals surface area contributed by atoms with E-state index in [1.165, 1.54) is 12.0 Å². The van der Waals surface area contributed by atoms with Crippen LogP contribution >= 0.6 is 0 Å². The van der Waals surface area contributed by atoms with Crippen LogP contribution in [0.4, 0.5) is 13.2 Å². The van der Waals surface area contributed by atoms with Crippen LogP contribution in [0.3, 0.4) is 0 Å². The van der Waals surface area contributed by atoms with Gasteiger partial charge in [-0.1, -0.05) is 0 Å². The summed E-state index contributed by atoms with van der Waals surface area (Å²) in [6, 6.07) is 3.81. The van der Waals surface area contributed by atoms with E-state index in [1.54, 1.807) is 25.3 Å². The lowest BCUT2D eigenvalue weighted by Crippen LogP contribution is -2.38. The molecule has 0 aliphatic carbocycles. The van der Waals surface area contributed by atoms with Gasteiger partial charge in [0.05, 0.1) is 25.3 Å². The largest absolute Gasteiger partial charge is 0.461 e. The highest BCUT2D eigenvalue weighted by atomic mass is 19.4. The number of ketones is 1. The number of methoxy groups -OCH3 is 1. The van der Waals surface area contributed by atoms with Gasteiger partial charge in [0, 0.05) is 37.0 Å². The van der Waals surface area contributed by atoms with Gasteiger partial charge in [-0.25, -0.2) is 4.79 Å². The second kappa shape index (κ2) is 11.3. The molecule has 10 heteroatoms. The Morgan fingerprint density at radius 2 is 1.68 bits per heavy atom. The molecule has 2 aromatic rings. The summed E-state index contributed by atoms with van der Waals surface area (Å²) in [5, 5.41) is 0. The van der Waals surface area contributed by atoms with E-state index >= 15 is 0 Å². The normalized spacial score (nSPS) is 11.4. The number of amides is 1. The molecule has 0 spiro atoms. The van der Waals surface area contributed by atoms with Gasteiger partial charge in [-0.3, -0.25) is 9.59 Å². The van der Waals surface area contributed by atoms with Crippen LogP contribution in [0, 0.1) is 13.8 Å². The summed E-state index contributed by atoms with van der Waals surface area (Å²) in [6.07, 6.45) is -4.52.